The van der Waals surface area contributed by atoms with Gasteiger partial charge in [0, 0.05) is 10.6 Å². The largest absolute Gasteiger partial charge is 0.507 e. The van der Waals surface area contributed by atoms with E-state index in [0.717, 1.165) is 0 Å². The smallest absolute Gasteiger partial charge is 0.295 e. The Hall–Kier alpha value is -3.88. The number of amides is 1. The van der Waals surface area contributed by atoms with Gasteiger partial charge in [-0.2, -0.15) is 0 Å². The van der Waals surface area contributed by atoms with Gasteiger partial charge in [0.05, 0.1) is 57.2 Å². The summed E-state index contributed by atoms with van der Waals surface area (Å²) in [5.41, 5.74) is 1.09. The Balaban J connectivity index is 1.97. The van der Waals surface area contributed by atoms with E-state index in [1.807, 2.05) is 0 Å². The fourth-order valence-corrected chi connectivity index (χ4v) is 5.09. The molecule has 1 fully saturated rings. The molecule has 1 aliphatic heterocycles. The molecule has 38 heavy (non-hydrogen) atoms. The van der Waals surface area contributed by atoms with Crippen LogP contribution in [0.5, 0.6) is 23.0 Å². The maximum atomic E-state index is 13.5. The Kier molecular flexibility index (Phi) is 8.04. The molecular weight excluding hydrogens is 533 g/mol. The van der Waals surface area contributed by atoms with Gasteiger partial charge >= 0.3 is 0 Å². The zero-order chi connectivity index (χ0) is 27.6. The van der Waals surface area contributed by atoms with Gasteiger partial charge in [0.15, 0.2) is 11.5 Å². The molecule has 0 aromatic heterocycles. The molecule has 198 valence electrons. The van der Waals surface area contributed by atoms with Crippen LogP contribution in [0.15, 0.2) is 60.2 Å². The predicted molar refractivity (Wildman–Crippen MR) is 143 cm³/mol. The molecule has 0 aliphatic carbocycles. The van der Waals surface area contributed by atoms with Crippen molar-refractivity contribution in [2.45, 2.75) is 12.6 Å². The van der Waals surface area contributed by atoms with Gasteiger partial charge in [-0.1, -0.05) is 47.5 Å². The fraction of sp³-hybridized carbons (Fsp3) is 0.214. The van der Waals surface area contributed by atoms with Crippen LogP contribution in [-0.4, -0.2) is 50.1 Å². The number of para-hydroxylation sites is 1. The van der Waals surface area contributed by atoms with Gasteiger partial charge in [-0.25, -0.2) is 0 Å². The van der Waals surface area contributed by atoms with Gasteiger partial charge in [-0.05, 0) is 35.9 Å². The summed E-state index contributed by atoms with van der Waals surface area (Å²) in [6.45, 7) is 0.0256. The third-order valence-corrected chi connectivity index (χ3v) is 6.76. The molecule has 0 radical (unpaired) electrons. The van der Waals surface area contributed by atoms with Crippen LogP contribution in [0.4, 0.5) is 0 Å². The number of aliphatic hydroxyl groups is 1. The minimum atomic E-state index is -0.998. The number of ketones is 1. The first-order valence-corrected chi connectivity index (χ1v) is 12.2. The number of methoxy groups -OCH3 is 4. The van der Waals surface area contributed by atoms with Crippen LogP contribution in [-0.2, 0) is 16.1 Å². The highest BCUT2D eigenvalue weighted by molar-refractivity contribution is 6.46. The number of hydrogen-bond donors (Lipinski definition) is 1. The lowest BCUT2D eigenvalue weighted by Crippen LogP contribution is -2.29. The third kappa shape index (κ3) is 4.85. The van der Waals surface area contributed by atoms with Crippen molar-refractivity contribution >= 4 is 40.7 Å². The molecule has 3 aromatic rings. The second-order valence-corrected chi connectivity index (χ2v) is 9.17. The van der Waals surface area contributed by atoms with Crippen LogP contribution in [0, 0.1) is 0 Å². The number of halogens is 2. The van der Waals surface area contributed by atoms with E-state index in [9.17, 15) is 14.7 Å². The summed E-state index contributed by atoms with van der Waals surface area (Å²) in [5.74, 6) is -0.664. The van der Waals surface area contributed by atoms with E-state index in [0.29, 0.717) is 28.4 Å². The maximum Gasteiger partial charge on any atom is 0.295 e. The Morgan fingerprint density at radius 1 is 0.868 bits per heavy atom. The summed E-state index contributed by atoms with van der Waals surface area (Å²) in [5, 5.41) is 11.9. The lowest BCUT2D eigenvalue weighted by atomic mass is 9.94. The van der Waals surface area contributed by atoms with E-state index < -0.39 is 23.5 Å². The fourth-order valence-electron chi connectivity index (χ4n) is 4.52. The zero-order valence-corrected chi connectivity index (χ0v) is 22.6. The Labute approximate surface area is 229 Å². The van der Waals surface area contributed by atoms with Crippen molar-refractivity contribution < 1.29 is 33.6 Å². The molecule has 1 saturated heterocycles. The highest BCUT2D eigenvalue weighted by atomic mass is 35.5. The number of hydrogen-bond acceptors (Lipinski definition) is 7. The van der Waals surface area contributed by atoms with Gasteiger partial charge in [0.1, 0.15) is 17.3 Å². The molecule has 0 saturated carbocycles. The van der Waals surface area contributed by atoms with Gasteiger partial charge in [0.2, 0.25) is 0 Å². The van der Waals surface area contributed by atoms with Crippen molar-refractivity contribution in [2.75, 3.05) is 28.4 Å². The van der Waals surface area contributed by atoms with Crippen LogP contribution in [0.2, 0.25) is 10.0 Å². The molecular formula is C28H25Cl2NO7. The number of Topliss-reactive ketones (excluding diaryl/α,β-unsaturated/α-hetero) is 1. The van der Waals surface area contributed by atoms with Crippen molar-refractivity contribution in [1.29, 1.82) is 0 Å². The number of likely N-dealkylation sites (tertiary alicyclic amines) is 1. The molecule has 10 heteroatoms. The predicted octanol–water partition coefficient (Wildman–Crippen LogP) is 5.65. The third-order valence-electron chi connectivity index (χ3n) is 6.26. The SMILES string of the molecule is COc1ccccc1CN1C(=O)C(=O)/C(=C(/O)c2cc(Cl)cc(Cl)c2OC)C1c1ccc(OC)c(OC)c1. The van der Waals surface area contributed by atoms with Gasteiger partial charge in [-0.15, -0.1) is 0 Å². The number of carbonyl (C=O) groups excluding carboxylic acids is 2. The van der Waals surface area contributed by atoms with E-state index in [-0.39, 0.29) is 33.5 Å². The molecule has 1 aliphatic rings. The average Bonchev–Trinajstić information content (AvgIpc) is 3.17. The second kappa shape index (κ2) is 11.2. The van der Waals surface area contributed by atoms with Crippen LogP contribution in [0.1, 0.15) is 22.7 Å². The minimum Gasteiger partial charge on any atom is -0.507 e. The monoisotopic (exact) mass is 557 g/mol. The molecule has 1 N–H and O–H groups in total. The molecule has 3 aromatic carbocycles. The van der Waals surface area contributed by atoms with E-state index in [2.05, 4.69) is 0 Å². The summed E-state index contributed by atoms with van der Waals surface area (Å²) in [6, 6.07) is 14.0. The number of aliphatic hydroxyl groups excluding tert-OH is 1. The van der Waals surface area contributed by atoms with E-state index in [4.69, 9.17) is 42.1 Å². The van der Waals surface area contributed by atoms with Crippen LogP contribution < -0.4 is 18.9 Å². The maximum absolute atomic E-state index is 13.5. The quantitative estimate of drug-likeness (QED) is 0.217. The second-order valence-electron chi connectivity index (χ2n) is 8.32. The van der Waals surface area contributed by atoms with Crippen molar-refractivity contribution in [3.05, 3.63) is 86.9 Å². The summed E-state index contributed by atoms with van der Waals surface area (Å²) >= 11 is 12.5. The topological polar surface area (TPSA) is 94.5 Å². The first-order chi connectivity index (χ1) is 18.2. The van der Waals surface area contributed by atoms with Crippen LogP contribution in [0.3, 0.4) is 0 Å². The summed E-state index contributed by atoms with van der Waals surface area (Å²) in [6.07, 6.45) is 0. The number of rotatable bonds is 8. The van der Waals surface area contributed by atoms with Crippen molar-refractivity contribution in [2.24, 2.45) is 0 Å². The van der Waals surface area contributed by atoms with E-state index >= 15 is 0 Å². The number of ether oxygens (including phenoxy) is 4. The normalized spacial score (nSPS) is 16.5. The molecule has 0 bridgehead atoms. The lowest BCUT2D eigenvalue weighted by Gasteiger charge is -2.26. The van der Waals surface area contributed by atoms with Crippen LogP contribution in [0.25, 0.3) is 5.76 Å². The minimum absolute atomic E-state index is 0.0256. The Morgan fingerprint density at radius 3 is 2.21 bits per heavy atom. The number of carbonyl (C=O) groups is 2. The standard InChI is InChI=1S/C28H25Cl2NO7/c1-35-20-8-6-5-7-16(20)14-31-24(15-9-10-21(36-2)22(11-15)37-3)23(26(33)28(31)34)25(32)18-12-17(29)13-19(30)27(18)38-4/h5-13,24,32H,14H2,1-4H3/b25-23+. The molecule has 4 rings (SSSR count). The Bertz CT molecular complexity index is 1440. The highest BCUT2D eigenvalue weighted by Crippen LogP contribution is 2.45. The molecule has 1 amide bonds. The van der Waals surface area contributed by atoms with E-state index in [1.54, 1.807) is 42.5 Å². The Morgan fingerprint density at radius 2 is 1.55 bits per heavy atom. The molecule has 1 heterocycles. The van der Waals surface area contributed by atoms with Gasteiger partial charge in [-0.3, -0.25) is 9.59 Å². The van der Waals surface area contributed by atoms with Crippen molar-refractivity contribution in [3.63, 3.8) is 0 Å². The molecule has 1 atom stereocenters. The highest BCUT2D eigenvalue weighted by Gasteiger charge is 2.47. The van der Waals surface area contributed by atoms with Crippen molar-refractivity contribution in [3.8, 4) is 23.0 Å². The number of nitrogens with zero attached hydrogens (tertiary/aromatic N) is 1. The van der Waals surface area contributed by atoms with Gasteiger partial charge < -0.3 is 29.0 Å². The van der Waals surface area contributed by atoms with Gasteiger partial charge in [0.25, 0.3) is 11.7 Å². The first-order valence-electron chi connectivity index (χ1n) is 11.4. The van der Waals surface area contributed by atoms with E-state index in [1.165, 1.54) is 45.5 Å². The molecule has 1 unspecified atom stereocenters. The molecule has 8 nitrogen and oxygen atoms in total. The summed E-state index contributed by atoms with van der Waals surface area (Å²) in [7, 11) is 5.87. The lowest BCUT2D eigenvalue weighted by molar-refractivity contribution is -0.140. The first kappa shape index (κ1) is 27.2. The van der Waals surface area contributed by atoms with Crippen molar-refractivity contribution in [1.82, 2.24) is 4.90 Å². The zero-order valence-electron chi connectivity index (χ0n) is 21.1. The summed E-state index contributed by atoms with van der Waals surface area (Å²) in [4.78, 5) is 28.3. The average molecular weight is 558 g/mol. The number of benzene rings is 3. The summed E-state index contributed by atoms with van der Waals surface area (Å²) < 4.78 is 21.7. The molecule has 0 spiro atoms. The van der Waals surface area contributed by atoms with Crippen LogP contribution >= 0.6 is 23.2 Å².